The second-order valence-corrected chi connectivity index (χ2v) is 5.04. The smallest absolute Gasteiger partial charge is 0.166 e. The molecule has 0 saturated carbocycles. The molecule has 0 aromatic heterocycles. The fourth-order valence-corrected chi connectivity index (χ4v) is 2.76. The van der Waals surface area contributed by atoms with Crippen molar-refractivity contribution in [2.75, 3.05) is 27.3 Å². The van der Waals surface area contributed by atoms with Crippen LogP contribution in [0.5, 0.6) is 11.5 Å². The number of ether oxygens (including phenoxy) is 2. The molecular formula is C15H22FNO2. The molecule has 1 aliphatic rings. The molecule has 2 rings (SSSR count). The molecule has 0 radical (unpaired) electrons. The molecule has 0 amide bonds. The molecule has 1 aromatic carbocycles. The molecular weight excluding hydrogens is 245 g/mol. The van der Waals surface area contributed by atoms with Gasteiger partial charge in [-0.25, -0.2) is 4.39 Å². The Labute approximate surface area is 114 Å². The van der Waals surface area contributed by atoms with Gasteiger partial charge in [0.1, 0.15) is 6.67 Å². The predicted octanol–water partition coefficient (Wildman–Crippen LogP) is 2.72. The van der Waals surface area contributed by atoms with Gasteiger partial charge in [-0.3, -0.25) is 0 Å². The van der Waals surface area contributed by atoms with Crippen LogP contribution >= 0.6 is 0 Å². The van der Waals surface area contributed by atoms with Gasteiger partial charge in [0, 0.05) is 5.56 Å². The van der Waals surface area contributed by atoms with Crippen LogP contribution in [0.2, 0.25) is 0 Å². The highest BCUT2D eigenvalue weighted by atomic mass is 19.1. The van der Waals surface area contributed by atoms with Crippen molar-refractivity contribution in [1.82, 2.24) is 5.32 Å². The Morgan fingerprint density at radius 1 is 1.32 bits per heavy atom. The lowest BCUT2D eigenvalue weighted by Gasteiger charge is -2.23. The third-order valence-corrected chi connectivity index (χ3v) is 3.68. The zero-order valence-corrected chi connectivity index (χ0v) is 11.7. The molecule has 1 saturated heterocycles. The van der Waals surface area contributed by atoms with Crippen LogP contribution in [0.3, 0.4) is 0 Å². The molecule has 19 heavy (non-hydrogen) atoms. The van der Waals surface area contributed by atoms with E-state index in [1.165, 1.54) is 12.8 Å². The first-order valence-corrected chi connectivity index (χ1v) is 6.79. The molecule has 0 spiro atoms. The minimum atomic E-state index is -0.531. The number of hydrogen-bond acceptors (Lipinski definition) is 3. The maximum absolute atomic E-state index is 13.1. The molecule has 4 heteroatoms. The average molecular weight is 267 g/mol. The number of halogens is 1. The van der Waals surface area contributed by atoms with Crippen molar-refractivity contribution in [2.45, 2.75) is 25.9 Å². The van der Waals surface area contributed by atoms with Crippen LogP contribution in [0, 0.1) is 5.92 Å². The Balaban J connectivity index is 2.20. The Bertz CT molecular complexity index is 392. The molecule has 1 N–H and O–H groups in total. The summed E-state index contributed by atoms with van der Waals surface area (Å²) < 4.78 is 23.6. The minimum Gasteiger partial charge on any atom is -0.493 e. The lowest BCUT2D eigenvalue weighted by molar-refractivity contribution is 0.342. The molecule has 1 aliphatic heterocycles. The highest BCUT2D eigenvalue weighted by Crippen LogP contribution is 2.34. The zero-order valence-electron chi connectivity index (χ0n) is 11.7. The summed E-state index contributed by atoms with van der Waals surface area (Å²) in [7, 11) is 3.13. The second kappa shape index (κ2) is 6.75. The van der Waals surface area contributed by atoms with Crippen LogP contribution in [0.1, 0.15) is 24.0 Å². The van der Waals surface area contributed by atoms with E-state index in [0.29, 0.717) is 23.0 Å². The van der Waals surface area contributed by atoms with Crippen molar-refractivity contribution in [3.8, 4) is 11.5 Å². The molecule has 0 bridgehead atoms. The van der Waals surface area contributed by atoms with Gasteiger partial charge in [-0.15, -0.1) is 0 Å². The van der Waals surface area contributed by atoms with Crippen LogP contribution < -0.4 is 14.8 Å². The lowest BCUT2D eigenvalue weighted by atomic mass is 9.91. The van der Waals surface area contributed by atoms with Crippen molar-refractivity contribution in [3.63, 3.8) is 0 Å². The molecule has 1 atom stereocenters. The van der Waals surface area contributed by atoms with E-state index in [2.05, 4.69) is 5.32 Å². The number of rotatable bonds is 5. The van der Waals surface area contributed by atoms with Gasteiger partial charge in [-0.05, 0) is 56.0 Å². The van der Waals surface area contributed by atoms with Gasteiger partial charge in [-0.1, -0.05) is 0 Å². The molecule has 1 unspecified atom stereocenters. The lowest BCUT2D eigenvalue weighted by Crippen LogP contribution is -2.30. The molecule has 0 aliphatic carbocycles. The van der Waals surface area contributed by atoms with E-state index in [9.17, 15) is 4.39 Å². The molecule has 1 fully saturated rings. The normalized spacial score (nSPS) is 19.2. The van der Waals surface area contributed by atoms with Crippen molar-refractivity contribution in [3.05, 3.63) is 23.3 Å². The SMILES string of the molecule is COc1cc(CC2CCCNC2)cc(CF)c1OC. The third kappa shape index (κ3) is 3.38. The summed E-state index contributed by atoms with van der Waals surface area (Å²) in [6.07, 6.45) is 3.40. The molecule has 106 valence electrons. The van der Waals surface area contributed by atoms with Crippen molar-refractivity contribution < 1.29 is 13.9 Å². The van der Waals surface area contributed by atoms with Gasteiger partial charge in [0.25, 0.3) is 0 Å². The maximum Gasteiger partial charge on any atom is 0.166 e. The maximum atomic E-state index is 13.1. The largest absolute Gasteiger partial charge is 0.493 e. The highest BCUT2D eigenvalue weighted by molar-refractivity contribution is 5.49. The van der Waals surface area contributed by atoms with E-state index >= 15 is 0 Å². The Morgan fingerprint density at radius 3 is 2.74 bits per heavy atom. The number of benzene rings is 1. The standard InChI is InChI=1S/C15H22FNO2/c1-18-14-8-12(6-11-4-3-5-17-10-11)7-13(9-16)15(14)19-2/h7-8,11,17H,3-6,9-10H2,1-2H3. The quantitative estimate of drug-likeness (QED) is 0.889. The second-order valence-electron chi connectivity index (χ2n) is 5.04. The zero-order chi connectivity index (χ0) is 13.7. The van der Waals surface area contributed by atoms with Crippen molar-refractivity contribution in [1.29, 1.82) is 0 Å². The van der Waals surface area contributed by atoms with Crippen LogP contribution in [0.4, 0.5) is 4.39 Å². The predicted molar refractivity (Wildman–Crippen MR) is 73.7 cm³/mol. The van der Waals surface area contributed by atoms with Crippen LogP contribution in [-0.4, -0.2) is 27.3 Å². The summed E-state index contributed by atoms with van der Waals surface area (Å²) >= 11 is 0. The summed E-state index contributed by atoms with van der Waals surface area (Å²) in [6.45, 7) is 1.62. The monoisotopic (exact) mass is 267 g/mol. The van der Waals surface area contributed by atoms with Crippen molar-refractivity contribution in [2.24, 2.45) is 5.92 Å². The van der Waals surface area contributed by atoms with Crippen LogP contribution in [0.15, 0.2) is 12.1 Å². The van der Waals surface area contributed by atoms with E-state index in [0.717, 1.165) is 25.1 Å². The molecule has 1 heterocycles. The average Bonchev–Trinajstić information content (AvgIpc) is 2.47. The van der Waals surface area contributed by atoms with E-state index in [-0.39, 0.29) is 0 Å². The van der Waals surface area contributed by atoms with E-state index in [4.69, 9.17) is 9.47 Å². The van der Waals surface area contributed by atoms with E-state index in [1.54, 1.807) is 14.2 Å². The topological polar surface area (TPSA) is 30.5 Å². The number of hydrogen-bond donors (Lipinski definition) is 1. The number of piperidine rings is 1. The first-order chi connectivity index (χ1) is 9.28. The van der Waals surface area contributed by atoms with Gasteiger partial charge < -0.3 is 14.8 Å². The number of nitrogens with one attached hydrogen (secondary N) is 1. The summed E-state index contributed by atoms with van der Waals surface area (Å²) in [5, 5.41) is 3.40. The minimum absolute atomic E-state index is 0.510. The third-order valence-electron chi connectivity index (χ3n) is 3.68. The van der Waals surface area contributed by atoms with Crippen LogP contribution in [-0.2, 0) is 13.1 Å². The Hall–Kier alpha value is -1.29. The fraction of sp³-hybridized carbons (Fsp3) is 0.600. The molecule has 1 aromatic rings. The van der Waals surface area contributed by atoms with Gasteiger partial charge >= 0.3 is 0 Å². The first kappa shape index (κ1) is 14.1. The summed E-state index contributed by atoms with van der Waals surface area (Å²) in [6, 6.07) is 3.86. The summed E-state index contributed by atoms with van der Waals surface area (Å²) in [4.78, 5) is 0. The number of methoxy groups -OCH3 is 2. The highest BCUT2D eigenvalue weighted by Gasteiger charge is 2.17. The Morgan fingerprint density at radius 2 is 2.16 bits per heavy atom. The van der Waals surface area contributed by atoms with Gasteiger partial charge in [-0.2, -0.15) is 0 Å². The molecule has 3 nitrogen and oxygen atoms in total. The Kier molecular flexibility index (Phi) is 5.02. The van der Waals surface area contributed by atoms with Gasteiger partial charge in [0.05, 0.1) is 14.2 Å². The van der Waals surface area contributed by atoms with Gasteiger partial charge in [0.2, 0.25) is 0 Å². The fourth-order valence-electron chi connectivity index (χ4n) is 2.76. The van der Waals surface area contributed by atoms with E-state index < -0.39 is 6.67 Å². The van der Waals surface area contributed by atoms with Gasteiger partial charge in [0.15, 0.2) is 11.5 Å². The first-order valence-electron chi connectivity index (χ1n) is 6.79. The van der Waals surface area contributed by atoms with Crippen molar-refractivity contribution >= 4 is 0 Å². The summed E-state index contributed by atoms with van der Waals surface area (Å²) in [5.41, 5.74) is 1.69. The van der Waals surface area contributed by atoms with Crippen LogP contribution in [0.25, 0.3) is 0 Å². The number of alkyl halides is 1. The summed E-state index contributed by atoms with van der Waals surface area (Å²) in [5.74, 6) is 1.76. The van der Waals surface area contributed by atoms with E-state index in [1.807, 2.05) is 12.1 Å².